The summed E-state index contributed by atoms with van der Waals surface area (Å²) in [7, 11) is 0. The zero-order valence-electron chi connectivity index (χ0n) is 21.8. The second kappa shape index (κ2) is 10.3. The van der Waals surface area contributed by atoms with E-state index in [2.05, 4.69) is 60.3 Å². The zero-order valence-corrected chi connectivity index (χ0v) is 21.8. The number of nitrogens with one attached hydrogen (secondary N) is 1. The van der Waals surface area contributed by atoms with Crippen LogP contribution in [0.1, 0.15) is 68.5 Å². The SMILES string of the molecule is CC(C)(C)c1ccc(Cn2nnc3c(=O)[nH]c([C@H]4CCCN(C(=O)CCc5ccccc5)C4)nc32)cc1. The fourth-order valence-electron chi connectivity index (χ4n) is 4.95. The molecular formula is C29H34N6O2. The summed E-state index contributed by atoms with van der Waals surface area (Å²) in [5, 5.41) is 8.32. The third-order valence-electron chi connectivity index (χ3n) is 7.18. The summed E-state index contributed by atoms with van der Waals surface area (Å²) < 4.78 is 1.69. The molecule has 0 aliphatic carbocycles. The molecule has 8 nitrogen and oxygen atoms in total. The Kier molecular flexibility index (Phi) is 6.91. The third-order valence-corrected chi connectivity index (χ3v) is 7.18. The van der Waals surface area contributed by atoms with Gasteiger partial charge in [0, 0.05) is 25.4 Å². The predicted octanol–water partition coefficient (Wildman–Crippen LogP) is 4.20. The first kappa shape index (κ1) is 24.9. The van der Waals surface area contributed by atoms with Crippen LogP contribution in [-0.2, 0) is 23.2 Å². The zero-order chi connectivity index (χ0) is 26.0. The number of hydrogen-bond donors (Lipinski definition) is 1. The number of carbonyl (C=O) groups is 1. The van der Waals surface area contributed by atoms with Crippen LogP contribution < -0.4 is 5.56 Å². The molecule has 37 heavy (non-hydrogen) atoms. The van der Waals surface area contributed by atoms with Crippen LogP contribution in [0.4, 0.5) is 0 Å². The van der Waals surface area contributed by atoms with Gasteiger partial charge in [0.05, 0.1) is 6.54 Å². The molecule has 0 bridgehead atoms. The molecule has 8 heteroatoms. The Morgan fingerprint density at radius 3 is 2.54 bits per heavy atom. The van der Waals surface area contributed by atoms with Crippen LogP contribution >= 0.6 is 0 Å². The van der Waals surface area contributed by atoms with Gasteiger partial charge in [-0.1, -0.05) is 80.6 Å². The van der Waals surface area contributed by atoms with Gasteiger partial charge in [0.2, 0.25) is 5.91 Å². The molecule has 0 spiro atoms. The van der Waals surface area contributed by atoms with Crippen LogP contribution in [0, 0.1) is 0 Å². The van der Waals surface area contributed by atoms with E-state index in [0.29, 0.717) is 31.0 Å². The van der Waals surface area contributed by atoms with E-state index in [1.54, 1.807) is 4.68 Å². The molecule has 192 valence electrons. The minimum Gasteiger partial charge on any atom is -0.342 e. The number of hydrogen-bond acceptors (Lipinski definition) is 5. The highest BCUT2D eigenvalue weighted by Crippen LogP contribution is 2.26. The van der Waals surface area contributed by atoms with E-state index in [-0.39, 0.29) is 28.3 Å². The molecule has 1 N–H and O–H groups in total. The van der Waals surface area contributed by atoms with Crippen LogP contribution in [0.3, 0.4) is 0 Å². The highest BCUT2D eigenvalue weighted by molar-refractivity contribution is 5.76. The fraction of sp³-hybridized carbons (Fsp3) is 0.414. The summed E-state index contributed by atoms with van der Waals surface area (Å²) >= 11 is 0. The van der Waals surface area contributed by atoms with Crippen molar-refractivity contribution in [3.8, 4) is 0 Å². The number of benzene rings is 2. The van der Waals surface area contributed by atoms with Crippen LogP contribution in [0.5, 0.6) is 0 Å². The number of amides is 1. The van der Waals surface area contributed by atoms with E-state index in [1.165, 1.54) is 5.56 Å². The van der Waals surface area contributed by atoms with Gasteiger partial charge < -0.3 is 9.88 Å². The second-order valence-corrected chi connectivity index (χ2v) is 11.0. The standard InChI is InChI=1S/C29H34N6O2/c1-29(2,3)23-14-11-21(12-15-23)18-35-27-25(32-33-35)28(37)31-26(30-27)22-10-7-17-34(19-22)24(36)16-13-20-8-5-4-6-9-20/h4-6,8-9,11-12,14-15,22H,7,10,13,16-19H2,1-3H3,(H,30,31,37)/t22-/m0/s1. The molecule has 1 fully saturated rings. The molecule has 0 saturated carbocycles. The predicted molar refractivity (Wildman–Crippen MR) is 144 cm³/mol. The molecule has 1 saturated heterocycles. The van der Waals surface area contributed by atoms with Crippen molar-refractivity contribution in [2.24, 2.45) is 0 Å². The van der Waals surface area contributed by atoms with Crippen LogP contribution in [0.15, 0.2) is 59.4 Å². The van der Waals surface area contributed by atoms with Crippen LogP contribution in [0.25, 0.3) is 11.2 Å². The summed E-state index contributed by atoms with van der Waals surface area (Å²) in [6, 6.07) is 18.5. The van der Waals surface area contributed by atoms with Gasteiger partial charge in [0.15, 0.2) is 11.2 Å². The van der Waals surface area contributed by atoms with E-state index in [9.17, 15) is 9.59 Å². The van der Waals surface area contributed by atoms with E-state index in [1.807, 2.05) is 35.2 Å². The first-order valence-corrected chi connectivity index (χ1v) is 13.0. The molecule has 3 heterocycles. The quantitative estimate of drug-likeness (QED) is 0.430. The maximum Gasteiger partial charge on any atom is 0.281 e. The smallest absolute Gasteiger partial charge is 0.281 e. The van der Waals surface area contributed by atoms with Crippen molar-refractivity contribution in [3.63, 3.8) is 0 Å². The van der Waals surface area contributed by atoms with Crippen molar-refractivity contribution in [1.29, 1.82) is 0 Å². The first-order chi connectivity index (χ1) is 17.8. The number of H-pyrrole nitrogens is 1. The van der Waals surface area contributed by atoms with Gasteiger partial charge in [-0.2, -0.15) is 0 Å². The number of carbonyl (C=O) groups excluding carboxylic acids is 1. The molecule has 0 unspecified atom stereocenters. The average Bonchev–Trinajstić information content (AvgIpc) is 3.31. The average molecular weight is 499 g/mol. The van der Waals surface area contributed by atoms with Crippen molar-refractivity contribution in [2.75, 3.05) is 13.1 Å². The Morgan fingerprint density at radius 2 is 1.81 bits per heavy atom. The van der Waals surface area contributed by atoms with Gasteiger partial charge >= 0.3 is 0 Å². The highest BCUT2D eigenvalue weighted by Gasteiger charge is 2.27. The molecule has 4 aromatic rings. The maximum atomic E-state index is 12.9. The summed E-state index contributed by atoms with van der Waals surface area (Å²) in [5.41, 5.74) is 4.00. The minimum absolute atomic E-state index is 0.0269. The summed E-state index contributed by atoms with van der Waals surface area (Å²) in [5.74, 6) is 0.716. The van der Waals surface area contributed by atoms with Crippen molar-refractivity contribution < 1.29 is 4.79 Å². The maximum absolute atomic E-state index is 12.9. The van der Waals surface area contributed by atoms with Gasteiger partial charge in [-0.15, -0.1) is 5.10 Å². The lowest BCUT2D eigenvalue weighted by Gasteiger charge is -2.32. The van der Waals surface area contributed by atoms with E-state index < -0.39 is 0 Å². The molecular weight excluding hydrogens is 464 g/mol. The molecule has 1 aliphatic heterocycles. The van der Waals surface area contributed by atoms with Gasteiger partial charge in [-0.25, -0.2) is 9.67 Å². The Hall–Kier alpha value is -3.81. The van der Waals surface area contributed by atoms with E-state index in [0.717, 1.165) is 36.9 Å². The summed E-state index contributed by atoms with van der Waals surface area (Å²) in [4.78, 5) is 35.4. The Morgan fingerprint density at radius 1 is 1.05 bits per heavy atom. The van der Waals surface area contributed by atoms with Gasteiger partial charge in [0.1, 0.15) is 5.82 Å². The largest absolute Gasteiger partial charge is 0.342 e. The van der Waals surface area contributed by atoms with Gasteiger partial charge in [-0.3, -0.25) is 9.59 Å². The molecule has 5 rings (SSSR count). The van der Waals surface area contributed by atoms with E-state index >= 15 is 0 Å². The number of nitrogens with zero attached hydrogens (tertiary/aromatic N) is 5. The van der Waals surface area contributed by atoms with Gasteiger partial charge in [-0.05, 0) is 41.4 Å². The number of fused-ring (bicyclic) bond motifs is 1. The number of aryl methyl sites for hydroxylation is 1. The third kappa shape index (κ3) is 5.63. The van der Waals surface area contributed by atoms with Crippen molar-refractivity contribution in [3.05, 3.63) is 87.5 Å². The first-order valence-electron chi connectivity index (χ1n) is 13.0. The minimum atomic E-state index is -0.290. The van der Waals surface area contributed by atoms with Crippen LogP contribution in [-0.4, -0.2) is 48.9 Å². The van der Waals surface area contributed by atoms with Crippen molar-refractivity contribution in [2.45, 2.75) is 64.3 Å². The van der Waals surface area contributed by atoms with Gasteiger partial charge in [0.25, 0.3) is 5.56 Å². The van der Waals surface area contributed by atoms with E-state index in [4.69, 9.17) is 4.98 Å². The summed E-state index contributed by atoms with van der Waals surface area (Å²) in [6.45, 7) is 8.33. The Bertz CT molecular complexity index is 1430. The Balaban J connectivity index is 1.32. The number of aromatic amines is 1. The molecule has 1 aliphatic rings. The number of rotatable bonds is 6. The molecule has 1 amide bonds. The van der Waals surface area contributed by atoms with Crippen LogP contribution in [0.2, 0.25) is 0 Å². The normalized spacial score (nSPS) is 16.3. The molecule has 1 atom stereocenters. The molecule has 0 radical (unpaired) electrons. The number of likely N-dealkylation sites (tertiary alicyclic amines) is 1. The van der Waals surface area contributed by atoms with Crippen molar-refractivity contribution in [1.82, 2.24) is 29.9 Å². The monoisotopic (exact) mass is 498 g/mol. The van der Waals surface area contributed by atoms with Crippen molar-refractivity contribution >= 4 is 17.1 Å². The topological polar surface area (TPSA) is 96.8 Å². The Labute approximate surface area is 216 Å². The lowest BCUT2D eigenvalue weighted by Crippen LogP contribution is -2.40. The second-order valence-electron chi connectivity index (χ2n) is 11.0. The molecule has 2 aromatic heterocycles. The highest BCUT2D eigenvalue weighted by atomic mass is 16.2. The fourth-order valence-corrected chi connectivity index (χ4v) is 4.95. The lowest BCUT2D eigenvalue weighted by atomic mass is 9.87. The number of aromatic nitrogens is 5. The summed E-state index contributed by atoms with van der Waals surface area (Å²) in [6.07, 6.45) is 2.95. The lowest BCUT2D eigenvalue weighted by molar-refractivity contribution is -0.132. The number of piperidine rings is 1. The molecule has 2 aromatic carbocycles.